The average Bonchev–Trinajstić information content (AvgIpc) is 3.00. The van der Waals surface area contributed by atoms with E-state index in [4.69, 9.17) is 23.7 Å². The maximum atomic E-state index is 13.0. The molecule has 0 spiro atoms. The summed E-state index contributed by atoms with van der Waals surface area (Å²) >= 11 is 0. The molecule has 1 saturated heterocycles. The number of carbonyl (C=O) groups is 5. The van der Waals surface area contributed by atoms with Gasteiger partial charge in [0.2, 0.25) is 0 Å². The summed E-state index contributed by atoms with van der Waals surface area (Å²) in [6, 6.07) is 0. The molecule has 0 bridgehead atoms. The second-order valence-electron chi connectivity index (χ2n) is 11.7. The fourth-order valence-electron chi connectivity index (χ4n) is 6.44. The first-order valence-corrected chi connectivity index (χ1v) is 13.2. The number of ether oxygens (including phenoxy) is 5. The monoisotopic (exact) mass is 598 g/mol. The molecule has 0 saturated carbocycles. The van der Waals surface area contributed by atoms with Crippen LogP contribution in [0.4, 0.5) is 0 Å². The van der Waals surface area contributed by atoms with Crippen molar-refractivity contribution in [3.8, 4) is 0 Å². The molecule has 42 heavy (non-hydrogen) atoms. The van der Waals surface area contributed by atoms with Gasteiger partial charge < -0.3 is 44.1 Å². The molecule has 11 atom stereocenters. The van der Waals surface area contributed by atoms with Gasteiger partial charge in [-0.15, -0.1) is 0 Å². The Bertz CT molecular complexity index is 1220. The fraction of sp³-hybridized carbons (Fsp3) is 0.679. The minimum absolute atomic E-state index is 0.0109. The van der Waals surface area contributed by atoms with Crippen LogP contribution in [0.25, 0.3) is 0 Å². The molecule has 0 aromatic heterocycles. The molecule has 0 aromatic rings. The Labute approximate surface area is 242 Å². The van der Waals surface area contributed by atoms with Crippen LogP contribution in [0.3, 0.4) is 0 Å². The van der Waals surface area contributed by atoms with E-state index in [2.05, 4.69) is 0 Å². The van der Waals surface area contributed by atoms with Gasteiger partial charge in [-0.25, -0.2) is 4.79 Å². The number of esters is 5. The average molecular weight is 599 g/mol. The van der Waals surface area contributed by atoms with Crippen LogP contribution in [0.5, 0.6) is 0 Å². The predicted octanol–water partition coefficient (Wildman–Crippen LogP) is -0.615. The van der Waals surface area contributed by atoms with E-state index in [-0.39, 0.29) is 5.57 Å². The van der Waals surface area contributed by atoms with Gasteiger partial charge >= 0.3 is 29.8 Å². The summed E-state index contributed by atoms with van der Waals surface area (Å²) in [5.41, 5.74) is -9.80. The molecule has 1 fully saturated rings. The first-order valence-electron chi connectivity index (χ1n) is 13.2. The van der Waals surface area contributed by atoms with Crippen LogP contribution in [-0.4, -0.2) is 104 Å². The highest BCUT2D eigenvalue weighted by atomic mass is 16.6. The third kappa shape index (κ3) is 5.32. The van der Waals surface area contributed by atoms with E-state index in [1.807, 2.05) is 0 Å². The third-order valence-electron chi connectivity index (χ3n) is 8.36. The van der Waals surface area contributed by atoms with Gasteiger partial charge in [0.1, 0.15) is 30.0 Å². The molecule has 4 N–H and O–H groups in total. The Morgan fingerprint density at radius 2 is 1.33 bits per heavy atom. The second kappa shape index (κ2) is 11.1. The Kier molecular flexibility index (Phi) is 8.74. The SMILES string of the molecule is CC(=O)O[C@@H]1[C@H](O)[C@@H](OC(C)=O)/C(C)=C\[C@@H]2OC(=O)[C@@](C)(O)[C@@]2(O)[C@@H](OC(C)=O)[C@H]2[C@](C)(O)[C@H](OC(C)=O)C=C[C@@]12C. The maximum Gasteiger partial charge on any atom is 0.341 e. The summed E-state index contributed by atoms with van der Waals surface area (Å²) in [6.45, 7) is 9.03. The lowest BCUT2D eigenvalue weighted by Crippen LogP contribution is -2.74. The van der Waals surface area contributed by atoms with Crippen molar-refractivity contribution in [2.24, 2.45) is 11.3 Å². The van der Waals surface area contributed by atoms with Gasteiger partial charge in [0.05, 0.1) is 0 Å². The van der Waals surface area contributed by atoms with E-state index in [9.17, 15) is 44.4 Å². The highest BCUT2D eigenvalue weighted by Crippen LogP contribution is 2.56. The predicted molar refractivity (Wildman–Crippen MR) is 139 cm³/mol. The highest BCUT2D eigenvalue weighted by Gasteiger charge is 2.75. The van der Waals surface area contributed by atoms with Crippen LogP contribution in [0.2, 0.25) is 0 Å². The van der Waals surface area contributed by atoms with Crippen molar-refractivity contribution in [1.29, 1.82) is 0 Å². The van der Waals surface area contributed by atoms with E-state index in [0.717, 1.165) is 40.7 Å². The number of hydrogen-bond donors (Lipinski definition) is 4. The van der Waals surface area contributed by atoms with Gasteiger partial charge in [-0.3, -0.25) is 19.2 Å². The van der Waals surface area contributed by atoms with Crippen LogP contribution >= 0.6 is 0 Å². The first kappa shape index (κ1) is 33.2. The van der Waals surface area contributed by atoms with Crippen LogP contribution in [0, 0.1) is 11.3 Å². The second-order valence-corrected chi connectivity index (χ2v) is 11.7. The molecule has 3 rings (SSSR count). The number of aliphatic hydroxyl groups is 4. The van der Waals surface area contributed by atoms with Crippen LogP contribution in [0.1, 0.15) is 55.4 Å². The number of rotatable bonds is 4. The maximum absolute atomic E-state index is 13.0. The van der Waals surface area contributed by atoms with Crippen molar-refractivity contribution in [2.75, 3.05) is 0 Å². The molecule has 0 radical (unpaired) electrons. The van der Waals surface area contributed by atoms with Crippen LogP contribution < -0.4 is 0 Å². The molecule has 234 valence electrons. The smallest absolute Gasteiger partial charge is 0.341 e. The Morgan fingerprint density at radius 3 is 1.83 bits per heavy atom. The van der Waals surface area contributed by atoms with Gasteiger partial charge in [-0.2, -0.15) is 0 Å². The molecule has 0 aromatic carbocycles. The molecule has 1 heterocycles. The Morgan fingerprint density at radius 1 is 0.833 bits per heavy atom. The first-order chi connectivity index (χ1) is 19.1. The lowest BCUT2D eigenvalue weighted by atomic mass is 9.53. The zero-order chi connectivity index (χ0) is 32.2. The summed E-state index contributed by atoms with van der Waals surface area (Å²) in [4.78, 5) is 62.1. The minimum atomic E-state index is -2.86. The van der Waals surface area contributed by atoms with Crippen LogP contribution in [0.15, 0.2) is 23.8 Å². The fourth-order valence-corrected chi connectivity index (χ4v) is 6.44. The normalized spacial score (nSPS) is 44.3. The van der Waals surface area contributed by atoms with Gasteiger partial charge in [0.25, 0.3) is 0 Å². The van der Waals surface area contributed by atoms with E-state index < -0.39 is 94.6 Å². The Hall–Kier alpha value is -3.33. The minimum Gasteiger partial charge on any atom is -0.459 e. The molecule has 2 aliphatic carbocycles. The van der Waals surface area contributed by atoms with Gasteiger partial charge in [-0.05, 0) is 38.5 Å². The molecular weight excluding hydrogens is 560 g/mol. The summed E-state index contributed by atoms with van der Waals surface area (Å²) in [5, 5.41) is 47.6. The summed E-state index contributed by atoms with van der Waals surface area (Å²) < 4.78 is 27.3. The van der Waals surface area contributed by atoms with E-state index in [1.54, 1.807) is 0 Å². The van der Waals surface area contributed by atoms with Crippen molar-refractivity contribution >= 4 is 29.8 Å². The summed E-state index contributed by atoms with van der Waals surface area (Å²) in [7, 11) is 0. The standard InChI is InChI=1S/C28H38O14/c1-12-11-18-28(37,27(8,36)24(34)42-18)23(41-16(5)32)21-25(6,10-9-17(26(21,7)35)38-13(2)29)22(40-15(4)31)19(33)20(12)39-14(3)30/h9-11,17-23,33,35-37H,1-8H3/b12-11-/t17-,18+,19-,20+,21-,22-,23+,25-,26-,27-,28+/m1/s1. The Balaban J connectivity index is 2.53. The molecular formula is C28H38O14. The number of carbonyl (C=O) groups excluding carboxylic acids is 5. The topological polar surface area (TPSA) is 212 Å². The summed E-state index contributed by atoms with van der Waals surface area (Å²) in [5.74, 6) is -6.62. The van der Waals surface area contributed by atoms with Crippen molar-refractivity contribution in [1.82, 2.24) is 0 Å². The van der Waals surface area contributed by atoms with Gasteiger partial charge in [0.15, 0.2) is 23.4 Å². The molecule has 14 heteroatoms. The van der Waals surface area contributed by atoms with Crippen LogP contribution in [-0.2, 0) is 47.7 Å². The summed E-state index contributed by atoms with van der Waals surface area (Å²) in [6.07, 6.45) is -6.74. The number of fused-ring (bicyclic) bond motifs is 2. The van der Waals surface area contributed by atoms with Crippen molar-refractivity contribution in [3.63, 3.8) is 0 Å². The molecule has 14 nitrogen and oxygen atoms in total. The molecule has 1 aliphatic heterocycles. The zero-order valence-electron chi connectivity index (χ0n) is 24.6. The van der Waals surface area contributed by atoms with Gasteiger partial charge in [0, 0.05) is 39.0 Å². The number of hydrogen-bond acceptors (Lipinski definition) is 14. The molecule has 3 aliphatic rings. The van der Waals surface area contributed by atoms with Crippen molar-refractivity contribution < 1.29 is 68.1 Å². The lowest BCUT2D eigenvalue weighted by molar-refractivity contribution is -0.265. The van der Waals surface area contributed by atoms with Crippen molar-refractivity contribution in [3.05, 3.63) is 23.8 Å². The quantitative estimate of drug-likeness (QED) is 0.181. The van der Waals surface area contributed by atoms with Crippen molar-refractivity contribution in [2.45, 2.75) is 109 Å². The third-order valence-corrected chi connectivity index (χ3v) is 8.36. The highest BCUT2D eigenvalue weighted by molar-refractivity contribution is 5.84. The zero-order valence-corrected chi connectivity index (χ0v) is 24.6. The van der Waals surface area contributed by atoms with Gasteiger partial charge in [-0.1, -0.05) is 13.0 Å². The largest absolute Gasteiger partial charge is 0.459 e. The van der Waals surface area contributed by atoms with E-state index >= 15 is 0 Å². The van der Waals surface area contributed by atoms with E-state index in [0.29, 0.717) is 0 Å². The lowest BCUT2D eigenvalue weighted by Gasteiger charge is -2.57. The molecule has 0 unspecified atom stereocenters. The molecule has 0 amide bonds. The number of aliphatic hydroxyl groups excluding tert-OH is 1. The van der Waals surface area contributed by atoms with E-state index in [1.165, 1.54) is 32.9 Å².